The molecule has 0 aliphatic carbocycles. The van der Waals surface area contributed by atoms with E-state index >= 15 is 0 Å². The SMILES string of the molecule is CC(=NNCC(=S)Nc1ccc(C(=O)O)cc1)c1nn(C)c(-c2ccc(CC(C)C)cc2)c1O. The molecule has 1 aromatic heterocycles. The number of thiocarbonyl (C=S) groups is 1. The molecule has 0 aliphatic rings. The van der Waals surface area contributed by atoms with Crippen molar-refractivity contribution < 1.29 is 15.0 Å². The van der Waals surface area contributed by atoms with Gasteiger partial charge in [-0.1, -0.05) is 50.3 Å². The summed E-state index contributed by atoms with van der Waals surface area (Å²) >= 11 is 5.31. The second-order valence-corrected chi connectivity index (χ2v) is 8.92. The van der Waals surface area contributed by atoms with Crippen molar-refractivity contribution in [2.75, 3.05) is 11.9 Å². The Hall–Kier alpha value is -3.72. The van der Waals surface area contributed by atoms with E-state index < -0.39 is 5.97 Å². The second-order valence-electron chi connectivity index (χ2n) is 8.43. The lowest BCUT2D eigenvalue weighted by atomic mass is 10.0. The number of benzene rings is 2. The Morgan fingerprint density at radius 1 is 1.15 bits per heavy atom. The summed E-state index contributed by atoms with van der Waals surface area (Å²) in [7, 11) is 1.79. The van der Waals surface area contributed by atoms with Crippen LogP contribution in [0.25, 0.3) is 11.3 Å². The van der Waals surface area contributed by atoms with Crippen LogP contribution in [0.5, 0.6) is 5.75 Å². The predicted molar refractivity (Wildman–Crippen MR) is 139 cm³/mol. The van der Waals surface area contributed by atoms with Crippen molar-refractivity contribution in [2.24, 2.45) is 18.1 Å². The van der Waals surface area contributed by atoms with Gasteiger partial charge in [-0.3, -0.25) is 4.68 Å². The van der Waals surface area contributed by atoms with Crippen LogP contribution in [0.2, 0.25) is 0 Å². The van der Waals surface area contributed by atoms with Crippen molar-refractivity contribution in [3.63, 3.8) is 0 Å². The van der Waals surface area contributed by atoms with Crippen molar-refractivity contribution in [3.05, 3.63) is 65.4 Å². The summed E-state index contributed by atoms with van der Waals surface area (Å²) in [4.78, 5) is 11.4. The molecule has 0 spiro atoms. The number of hydrazone groups is 1. The van der Waals surface area contributed by atoms with Gasteiger partial charge in [0.25, 0.3) is 0 Å². The minimum Gasteiger partial charge on any atom is -0.504 e. The molecule has 2 aromatic carbocycles. The fourth-order valence-corrected chi connectivity index (χ4v) is 3.72. The molecule has 4 N–H and O–H groups in total. The molecule has 0 saturated heterocycles. The highest BCUT2D eigenvalue weighted by molar-refractivity contribution is 7.80. The number of carboxylic acids is 1. The van der Waals surface area contributed by atoms with E-state index in [-0.39, 0.29) is 17.9 Å². The molecule has 0 radical (unpaired) electrons. The highest BCUT2D eigenvalue weighted by Gasteiger charge is 2.19. The van der Waals surface area contributed by atoms with Crippen LogP contribution in [0.1, 0.15) is 42.4 Å². The van der Waals surface area contributed by atoms with Crippen LogP contribution < -0.4 is 10.7 Å². The van der Waals surface area contributed by atoms with E-state index in [4.69, 9.17) is 17.3 Å². The second kappa shape index (κ2) is 10.9. The van der Waals surface area contributed by atoms with E-state index in [2.05, 4.69) is 46.9 Å². The zero-order valence-electron chi connectivity index (χ0n) is 19.7. The molecule has 0 bridgehead atoms. The van der Waals surface area contributed by atoms with Crippen LogP contribution in [0.4, 0.5) is 5.69 Å². The first-order valence-electron chi connectivity index (χ1n) is 10.9. The number of anilines is 1. The molecule has 3 rings (SSSR count). The maximum Gasteiger partial charge on any atom is 0.335 e. The summed E-state index contributed by atoms with van der Waals surface area (Å²) in [5, 5.41) is 31.6. The quantitative estimate of drug-likeness (QED) is 0.204. The average molecular weight is 480 g/mol. The Bertz CT molecular complexity index is 1200. The number of aromatic carboxylic acids is 1. The lowest BCUT2D eigenvalue weighted by Gasteiger charge is -2.08. The van der Waals surface area contributed by atoms with Crippen molar-refractivity contribution in [1.29, 1.82) is 0 Å². The first-order valence-corrected chi connectivity index (χ1v) is 11.3. The van der Waals surface area contributed by atoms with Gasteiger partial charge in [-0.15, -0.1) is 0 Å². The third-order valence-corrected chi connectivity index (χ3v) is 5.38. The highest BCUT2D eigenvalue weighted by atomic mass is 32.1. The first kappa shape index (κ1) is 24.9. The van der Waals surface area contributed by atoms with E-state index in [0.717, 1.165) is 12.0 Å². The lowest BCUT2D eigenvalue weighted by Crippen LogP contribution is -2.24. The average Bonchev–Trinajstić information content (AvgIpc) is 3.08. The van der Waals surface area contributed by atoms with Crippen LogP contribution in [-0.2, 0) is 13.5 Å². The standard InChI is InChI=1S/C25H29N5O3S/c1-15(2)13-17-5-7-18(8-6-17)23-24(31)22(29-30(23)4)16(3)28-26-14-21(34)27-20-11-9-19(10-12-20)25(32)33/h5-12,15,26,31H,13-14H2,1-4H3,(H,27,34)(H,32,33). The number of carbonyl (C=O) groups is 1. The summed E-state index contributed by atoms with van der Waals surface area (Å²) in [6.07, 6.45) is 1.00. The molecule has 0 aliphatic heterocycles. The van der Waals surface area contributed by atoms with Crippen molar-refractivity contribution in [1.82, 2.24) is 15.2 Å². The third kappa shape index (κ3) is 6.20. The van der Waals surface area contributed by atoms with Crippen LogP contribution in [0, 0.1) is 5.92 Å². The van der Waals surface area contributed by atoms with Gasteiger partial charge in [0.05, 0.1) is 17.8 Å². The van der Waals surface area contributed by atoms with Gasteiger partial charge in [0, 0.05) is 18.3 Å². The molecule has 9 heteroatoms. The summed E-state index contributed by atoms with van der Waals surface area (Å²) < 4.78 is 1.65. The fraction of sp³-hybridized carbons (Fsp3) is 0.280. The van der Waals surface area contributed by atoms with Gasteiger partial charge in [0.1, 0.15) is 10.7 Å². The minimum absolute atomic E-state index is 0.0707. The summed E-state index contributed by atoms with van der Waals surface area (Å²) in [6.45, 7) is 6.38. The summed E-state index contributed by atoms with van der Waals surface area (Å²) in [6, 6.07) is 14.4. The molecular weight excluding hydrogens is 450 g/mol. The number of hydrogen-bond acceptors (Lipinski definition) is 6. The van der Waals surface area contributed by atoms with E-state index in [1.807, 2.05) is 12.1 Å². The van der Waals surface area contributed by atoms with Crippen LogP contribution in [-0.4, -0.2) is 43.2 Å². The van der Waals surface area contributed by atoms with Gasteiger partial charge in [-0.05, 0) is 49.1 Å². The molecule has 34 heavy (non-hydrogen) atoms. The first-order chi connectivity index (χ1) is 16.2. The number of nitrogens with zero attached hydrogens (tertiary/aromatic N) is 3. The Balaban J connectivity index is 1.64. The van der Waals surface area contributed by atoms with Gasteiger partial charge in [0.2, 0.25) is 0 Å². The van der Waals surface area contributed by atoms with Gasteiger partial charge in [-0.25, -0.2) is 4.79 Å². The number of aromatic nitrogens is 2. The van der Waals surface area contributed by atoms with E-state index in [0.29, 0.717) is 33.7 Å². The van der Waals surface area contributed by atoms with E-state index in [1.165, 1.54) is 17.7 Å². The maximum atomic E-state index is 10.9. The Kier molecular flexibility index (Phi) is 8.01. The van der Waals surface area contributed by atoms with Crippen LogP contribution in [0.15, 0.2) is 53.6 Å². The molecular formula is C25H29N5O3S. The molecule has 0 saturated carbocycles. The molecule has 0 unspecified atom stereocenters. The summed E-state index contributed by atoms with van der Waals surface area (Å²) in [5.41, 5.74) is 7.44. The summed E-state index contributed by atoms with van der Waals surface area (Å²) in [5.74, 6) is -0.333. The number of hydrogen-bond donors (Lipinski definition) is 4. The number of aromatic hydroxyl groups is 1. The Morgan fingerprint density at radius 2 is 1.79 bits per heavy atom. The molecule has 0 fully saturated rings. The van der Waals surface area contributed by atoms with E-state index in [1.54, 1.807) is 30.8 Å². The monoisotopic (exact) mass is 479 g/mol. The lowest BCUT2D eigenvalue weighted by molar-refractivity contribution is 0.0697. The van der Waals surface area contributed by atoms with Crippen molar-refractivity contribution in [3.8, 4) is 17.0 Å². The predicted octanol–water partition coefficient (Wildman–Crippen LogP) is 4.44. The van der Waals surface area contributed by atoms with Crippen LogP contribution in [0.3, 0.4) is 0 Å². The highest BCUT2D eigenvalue weighted by Crippen LogP contribution is 2.32. The zero-order valence-corrected chi connectivity index (χ0v) is 20.5. The van der Waals surface area contributed by atoms with Crippen LogP contribution >= 0.6 is 12.2 Å². The molecule has 1 heterocycles. The topological polar surface area (TPSA) is 112 Å². The van der Waals surface area contributed by atoms with Crippen molar-refractivity contribution >= 4 is 34.6 Å². The normalized spacial score (nSPS) is 11.5. The molecule has 0 amide bonds. The number of nitrogens with one attached hydrogen (secondary N) is 2. The van der Waals surface area contributed by atoms with Gasteiger partial charge >= 0.3 is 5.97 Å². The maximum absolute atomic E-state index is 10.9. The largest absolute Gasteiger partial charge is 0.504 e. The van der Waals surface area contributed by atoms with Crippen molar-refractivity contribution in [2.45, 2.75) is 27.2 Å². The smallest absolute Gasteiger partial charge is 0.335 e. The number of aryl methyl sites for hydroxylation is 1. The zero-order chi connectivity index (χ0) is 24.8. The fourth-order valence-electron chi connectivity index (χ4n) is 3.53. The van der Waals surface area contributed by atoms with Gasteiger partial charge in [-0.2, -0.15) is 10.2 Å². The van der Waals surface area contributed by atoms with E-state index in [9.17, 15) is 9.90 Å². The molecule has 3 aromatic rings. The minimum atomic E-state index is -0.982. The number of rotatable bonds is 9. The molecule has 178 valence electrons. The van der Waals surface area contributed by atoms with Gasteiger partial charge < -0.3 is 21.0 Å². The Morgan fingerprint density at radius 3 is 2.38 bits per heavy atom. The number of carboxylic acid groups (broad SMARTS) is 1. The molecule has 0 atom stereocenters. The third-order valence-electron chi connectivity index (χ3n) is 5.14. The molecule has 8 nitrogen and oxygen atoms in total. The Labute approximate surface area is 204 Å². The van der Waals surface area contributed by atoms with Gasteiger partial charge in [0.15, 0.2) is 11.4 Å².